The highest BCUT2D eigenvalue weighted by Crippen LogP contribution is 2.34. The van der Waals surface area contributed by atoms with Gasteiger partial charge in [-0.05, 0) is 18.2 Å². The molecule has 3 aromatic rings. The van der Waals surface area contributed by atoms with Gasteiger partial charge in [0, 0.05) is 13.1 Å². The topological polar surface area (TPSA) is 43.6 Å². The van der Waals surface area contributed by atoms with E-state index in [1.165, 1.54) is 7.05 Å². The average Bonchev–Trinajstić information content (AvgIpc) is 2.82. The van der Waals surface area contributed by atoms with Crippen molar-refractivity contribution < 1.29 is 30.7 Å². The smallest absolute Gasteiger partial charge is 0.310 e. The molecule has 1 aromatic carbocycles. The summed E-state index contributed by atoms with van der Waals surface area (Å²) in [5.41, 5.74) is -3.05. The number of nitrogens with zero attached hydrogens (tertiary/aromatic N) is 4. The number of fused-ring (bicyclic) bond motifs is 1. The third-order valence-electron chi connectivity index (χ3n) is 3.44. The van der Waals surface area contributed by atoms with Crippen molar-refractivity contribution in [1.29, 1.82) is 0 Å². The number of imidazole rings is 1. The fraction of sp³-hybridized carbons (Fsp3) is 0.214. The second-order valence-electron chi connectivity index (χ2n) is 5.12. The van der Waals surface area contributed by atoms with E-state index in [1.807, 2.05) is 0 Å². The first-order valence-corrected chi connectivity index (χ1v) is 6.63. The number of aryl methyl sites for hydroxylation is 1. The Morgan fingerprint density at radius 1 is 0.920 bits per heavy atom. The first-order valence-electron chi connectivity index (χ1n) is 6.63. The summed E-state index contributed by atoms with van der Waals surface area (Å²) >= 11 is 0. The van der Waals surface area contributed by atoms with Crippen molar-refractivity contribution in [2.45, 2.75) is 12.4 Å². The Balaban J connectivity index is 2.15. The molecule has 0 bridgehead atoms. The van der Waals surface area contributed by atoms with Gasteiger partial charge >= 0.3 is 12.4 Å². The number of hydrogen-bond acceptors (Lipinski definition) is 3. The molecule has 3 rings (SSSR count). The largest absolute Gasteiger partial charge is 0.435 e. The van der Waals surface area contributed by atoms with Gasteiger partial charge in [-0.25, -0.2) is 9.37 Å². The summed E-state index contributed by atoms with van der Waals surface area (Å²) in [6.07, 6.45) is -9.46. The number of rotatable bonds is 1. The Kier molecular flexibility index (Phi) is 3.69. The molecule has 2 heterocycles. The van der Waals surface area contributed by atoms with Gasteiger partial charge in [-0.15, -0.1) is 10.2 Å². The van der Waals surface area contributed by atoms with Crippen LogP contribution in [0, 0.1) is 5.82 Å². The Labute approximate surface area is 134 Å². The maximum Gasteiger partial charge on any atom is 0.435 e. The van der Waals surface area contributed by atoms with Crippen molar-refractivity contribution >= 4 is 11.2 Å². The summed E-state index contributed by atoms with van der Waals surface area (Å²) < 4.78 is 91.0. The molecule has 0 amide bonds. The molecular formula is C14H7F7N4. The third kappa shape index (κ3) is 3.01. The second-order valence-corrected chi connectivity index (χ2v) is 5.12. The lowest BCUT2D eigenvalue weighted by molar-refractivity contribution is -0.141. The fourth-order valence-electron chi connectivity index (χ4n) is 2.24. The number of hydrogen-bond donors (Lipinski definition) is 0. The maximum absolute atomic E-state index is 14.1. The highest BCUT2D eigenvalue weighted by atomic mass is 19.4. The Morgan fingerprint density at radius 2 is 1.60 bits per heavy atom. The van der Waals surface area contributed by atoms with E-state index in [0.717, 1.165) is 10.6 Å². The van der Waals surface area contributed by atoms with Crippen molar-refractivity contribution in [2.75, 3.05) is 0 Å². The lowest BCUT2D eigenvalue weighted by Crippen LogP contribution is -2.09. The predicted octanol–water partition coefficient (Wildman–Crippen LogP) is 4.21. The summed E-state index contributed by atoms with van der Waals surface area (Å²) in [4.78, 5) is 3.85. The lowest BCUT2D eigenvalue weighted by atomic mass is 10.1. The van der Waals surface area contributed by atoms with Gasteiger partial charge in [0.25, 0.3) is 0 Å². The number of aromatic nitrogens is 4. The molecule has 0 aliphatic carbocycles. The van der Waals surface area contributed by atoms with E-state index in [4.69, 9.17) is 0 Å². The van der Waals surface area contributed by atoms with Crippen LogP contribution in [0.2, 0.25) is 0 Å². The summed E-state index contributed by atoms with van der Waals surface area (Å²) in [7, 11) is 1.34. The molecule has 0 radical (unpaired) electrons. The normalized spacial score (nSPS) is 12.8. The molecule has 0 spiro atoms. The van der Waals surface area contributed by atoms with Gasteiger partial charge in [0.05, 0.1) is 11.1 Å². The van der Waals surface area contributed by atoms with Crippen molar-refractivity contribution in [1.82, 2.24) is 19.7 Å². The first kappa shape index (κ1) is 17.1. The molecule has 0 saturated carbocycles. The van der Waals surface area contributed by atoms with E-state index in [1.54, 1.807) is 0 Å². The summed E-state index contributed by atoms with van der Waals surface area (Å²) in [5.74, 6) is -1.38. The molecule has 0 unspecified atom stereocenters. The van der Waals surface area contributed by atoms with Crippen LogP contribution in [0.3, 0.4) is 0 Å². The fourth-order valence-corrected chi connectivity index (χ4v) is 2.24. The summed E-state index contributed by atoms with van der Waals surface area (Å²) in [6.45, 7) is 0. The molecule has 0 fully saturated rings. The monoisotopic (exact) mass is 364 g/mol. The molecule has 25 heavy (non-hydrogen) atoms. The minimum Gasteiger partial charge on any atom is -0.310 e. The van der Waals surface area contributed by atoms with Crippen LogP contribution >= 0.6 is 0 Å². The third-order valence-corrected chi connectivity index (χ3v) is 3.44. The van der Waals surface area contributed by atoms with Gasteiger partial charge in [0.2, 0.25) is 0 Å². The van der Waals surface area contributed by atoms with Gasteiger partial charge in [-0.3, -0.25) is 0 Å². The SMILES string of the molecule is Cn1c(-c2ccc(C(F)(F)F)cc2F)nc2cc(C(F)(F)F)nnc21. The second kappa shape index (κ2) is 5.39. The molecule has 0 atom stereocenters. The van der Waals surface area contributed by atoms with Crippen LogP contribution in [0.4, 0.5) is 30.7 Å². The molecule has 0 N–H and O–H groups in total. The standard InChI is InChI=1S/C14H7F7N4/c1-25-11(7-3-2-6(4-8(7)15)13(16,17)18)22-9-5-10(14(19,20)21)23-24-12(9)25/h2-5H,1H3. The predicted molar refractivity (Wildman–Crippen MR) is 71.7 cm³/mol. The average molecular weight is 364 g/mol. The highest BCUT2D eigenvalue weighted by Gasteiger charge is 2.34. The Bertz CT molecular complexity index is 956. The molecule has 4 nitrogen and oxygen atoms in total. The van der Waals surface area contributed by atoms with Crippen LogP contribution in [0.5, 0.6) is 0 Å². The van der Waals surface area contributed by atoms with Crippen molar-refractivity contribution in [2.24, 2.45) is 7.05 Å². The van der Waals surface area contributed by atoms with E-state index >= 15 is 0 Å². The number of benzene rings is 1. The number of halogens is 7. The molecule has 0 saturated heterocycles. The molecule has 11 heteroatoms. The lowest BCUT2D eigenvalue weighted by Gasteiger charge is -2.09. The summed E-state index contributed by atoms with van der Waals surface area (Å²) in [6, 6.07) is 2.44. The van der Waals surface area contributed by atoms with E-state index < -0.39 is 29.4 Å². The van der Waals surface area contributed by atoms with Crippen LogP contribution in [0.25, 0.3) is 22.6 Å². The van der Waals surface area contributed by atoms with E-state index in [9.17, 15) is 30.7 Å². The van der Waals surface area contributed by atoms with Gasteiger partial charge in [0.1, 0.15) is 17.2 Å². The quantitative estimate of drug-likeness (QED) is 0.608. The van der Waals surface area contributed by atoms with Gasteiger partial charge in [-0.2, -0.15) is 26.3 Å². The molecule has 132 valence electrons. The van der Waals surface area contributed by atoms with E-state index in [0.29, 0.717) is 18.2 Å². The van der Waals surface area contributed by atoms with E-state index in [2.05, 4.69) is 15.2 Å². The van der Waals surface area contributed by atoms with Crippen molar-refractivity contribution in [3.63, 3.8) is 0 Å². The minimum absolute atomic E-state index is 0.0673. The molecule has 0 aliphatic heterocycles. The van der Waals surface area contributed by atoms with Gasteiger partial charge in [-0.1, -0.05) is 0 Å². The van der Waals surface area contributed by atoms with Gasteiger partial charge < -0.3 is 4.57 Å². The van der Waals surface area contributed by atoms with E-state index in [-0.39, 0.29) is 22.6 Å². The zero-order valence-corrected chi connectivity index (χ0v) is 12.2. The zero-order valence-electron chi connectivity index (χ0n) is 12.2. The highest BCUT2D eigenvalue weighted by molar-refractivity contribution is 5.77. The molecule has 2 aromatic heterocycles. The molecular weight excluding hydrogens is 357 g/mol. The van der Waals surface area contributed by atoms with Crippen LogP contribution < -0.4 is 0 Å². The van der Waals surface area contributed by atoms with Crippen LogP contribution in [0.15, 0.2) is 24.3 Å². The minimum atomic E-state index is -4.74. The van der Waals surface area contributed by atoms with Crippen LogP contribution in [-0.4, -0.2) is 19.7 Å². The van der Waals surface area contributed by atoms with Crippen molar-refractivity contribution in [3.05, 3.63) is 41.3 Å². The Hall–Kier alpha value is -2.72. The number of alkyl halides is 6. The zero-order chi connectivity index (χ0) is 18.6. The van der Waals surface area contributed by atoms with Crippen molar-refractivity contribution in [3.8, 4) is 11.4 Å². The van der Waals surface area contributed by atoms with Crippen LogP contribution in [-0.2, 0) is 19.4 Å². The summed E-state index contributed by atoms with van der Waals surface area (Å²) in [5, 5.41) is 6.44. The molecule has 0 aliphatic rings. The maximum atomic E-state index is 14.1. The Morgan fingerprint density at radius 3 is 2.16 bits per heavy atom. The van der Waals surface area contributed by atoms with Crippen LogP contribution in [0.1, 0.15) is 11.3 Å². The van der Waals surface area contributed by atoms with Gasteiger partial charge in [0.15, 0.2) is 11.3 Å². The first-order chi connectivity index (χ1) is 11.5.